The third-order valence-corrected chi connectivity index (χ3v) is 4.60. The van der Waals surface area contributed by atoms with Crippen LogP contribution in [0.5, 0.6) is 5.75 Å². The summed E-state index contributed by atoms with van der Waals surface area (Å²) in [6.45, 7) is 0.556. The molecule has 7 heteroatoms. The molecule has 0 bridgehead atoms. The van der Waals surface area contributed by atoms with Gasteiger partial charge in [0.15, 0.2) is 0 Å². The average Bonchev–Trinajstić information content (AvgIpc) is 2.90. The first-order valence-corrected chi connectivity index (χ1v) is 7.77. The van der Waals surface area contributed by atoms with E-state index in [1.165, 1.54) is 18.2 Å². The first kappa shape index (κ1) is 13.7. The molecule has 0 unspecified atom stereocenters. The van der Waals surface area contributed by atoms with Crippen LogP contribution in [0.2, 0.25) is 0 Å². The number of nitrogens with one attached hydrogen (secondary N) is 1. The second-order valence-corrected chi connectivity index (χ2v) is 6.39. The Balaban J connectivity index is 1.91. The summed E-state index contributed by atoms with van der Waals surface area (Å²) in [7, 11) is -3.75. The van der Waals surface area contributed by atoms with Gasteiger partial charge in [0.05, 0.1) is 22.9 Å². The predicted octanol–water partition coefficient (Wildman–Crippen LogP) is 2.14. The van der Waals surface area contributed by atoms with Crippen LogP contribution in [0.4, 0.5) is 15.8 Å². The van der Waals surface area contributed by atoms with Crippen LogP contribution in [0.25, 0.3) is 0 Å². The van der Waals surface area contributed by atoms with Crippen molar-refractivity contribution in [2.24, 2.45) is 0 Å². The number of fused-ring (bicyclic) bond motifs is 1. The fraction of sp³-hybridized carbons (Fsp3) is 0.143. The van der Waals surface area contributed by atoms with Crippen molar-refractivity contribution >= 4 is 21.4 Å². The van der Waals surface area contributed by atoms with Crippen LogP contribution in [0.15, 0.2) is 41.3 Å². The van der Waals surface area contributed by atoms with E-state index >= 15 is 0 Å². The lowest BCUT2D eigenvalue weighted by atomic mass is 10.2. The Morgan fingerprint density at radius 1 is 1.19 bits per heavy atom. The summed E-state index contributed by atoms with van der Waals surface area (Å²) in [5.41, 5.74) is 6.38. The number of nitrogen functional groups attached to an aromatic ring is 1. The van der Waals surface area contributed by atoms with Gasteiger partial charge in [-0.1, -0.05) is 0 Å². The molecule has 0 fully saturated rings. The summed E-state index contributed by atoms with van der Waals surface area (Å²) in [5, 5.41) is 0. The minimum absolute atomic E-state index is 0.113. The molecule has 110 valence electrons. The van der Waals surface area contributed by atoms with Gasteiger partial charge < -0.3 is 10.5 Å². The highest BCUT2D eigenvalue weighted by Crippen LogP contribution is 2.28. The smallest absolute Gasteiger partial charge is 0.261 e. The minimum atomic E-state index is -3.75. The number of rotatable bonds is 3. The number of nitrogens with two attached hydrogens (primary N) is 1. The standard InChI is InChI=1S/C14H13FN2O3S/c15-12-3-1-10(8-13(12)16)17-21(18,19)11-2-4-14-9(7-11)5-6-20-14/h1-4,7-8,17H,5-6,16H2. The van der Waals surface area contributed by atoms with Crippen LogP contribution in [-0.2, 0) is 16.4 Å². The van der Waals surface area contributed by atoms with Gasteiger partial charge >= 0.3 is 0 Å². The van der Waals surface area contributed by atoms with Crippen molar-refractivity contribution in [3.8, 4) is 5.75 Å². The summed E-state index contributed by atoms with van der Waals surface area (Å²) < 4.78 is 45.4. The molecule has 21 heavy (non-hydrogen) atoms. The van der Waals surface area contributed by atoms with Gasteiger partial charge in [-0.15, -0.1) is 0 Å². The SMILES string of the molecule is Nc1cc(NS(=O)(=O)c2ccc3c(c2)CCO3)ccc1F. The van der Waals surface area contributed by atoms with E-state index in [0.29, 0.717) is 18.8 Å². The Morgan fingerprint density at radius 2 is 2.00 bits per heavy atom. The molecular formula is C14H13FN2O3S. The Labute approximate surface area is 121 Å². The van der Waals surface area contributed by atoms with E-state index < -0.39 is 15.8 Å². The fourth-order valence-electron chi connectivity index (χ4n) is 2.15. The first-order chi connectivity index (χ1) is 9.95. The van der Waals surface area contributed by atoms with Gasteiger partial charge in [-0.25, -0.2) is 12.8 Å². The van der Waals surface area contributed by atoms with Crippen molar-refractivity contribution in [3.63, 3.8) is 0 Å². The highest BCUT2D eigenvalue weighted by atomic mass is 32.2. The van der Waals surface area contributed by atoms with Crippen molar-refractivity contribution in [1.82, 2.24) is 0 Å². The molecule has 0 aliphatic carbocycles. The Bertz CT molecular complexity index is 806. The molecule has 0 spiro atoms. The van der Waals surface area contributed by atoms with E-state index in [4.69, 9.17) is 10.5 Å². The number of sulfonamides is 1. The van der Waals surface area contributed by atoms with Gasteiger partial charge in [-0.2, -0.15) is 0 Å². The lowest BCUT2D eigenvalue weighted by molar-refractivity contribution is 0.356. The molecule has 1 aliphatic rings. The summed E-state index contributed by atoms with van der Waals surface area (Å²) in [4.78, 5) is 0.134. The van der Waals surface area contributed by atoms with Crippen LogP contribution in [0, 0.1) is 5.82 Å². The van der Waals surface area contributed by atoms with Gasteiger partial charge in [-0.05, 0) is 42.0 Å². The zero-order valence-electron chi connectivity index (χ0n) is 11.0. The molecule has 0 saturated carbocycles. The van der Waals surface area contributed by atoms with E-state index in [-0.39, 0.29) is 16.3 Å². The van der Waals surface area contributed by atoms with Crippen molar-refractivity contribution in [1.29, 1.82) is 0 Å². The number of benzene rings is 2. The lowest BCUT2D eigenvalue weighted by Crippen LogP contribution is -2.13. The zero-order chi connectivity index (χ0) is 15.0. The summed E-state index contributed by atoms with van der Waals surface area (Å²) >= 11 is 0. The molecular weight excluding hydrogens is 295 g/mol. The molecule has 0 aromatic heterocycles. The summed E-state index contributed by atoms with van der Waals surface area (Å²) in [5.74, 6) is 0.118. The number of halogens is 1. The quantitative estimate of drug-likeness (QED) is 0.851. The second kappa shape index (κ2) is 4.92. The molecule has 2 aromatic carbocycles. The molecule has 0 amide bonds. The van der Waals surface area contributed by atoms with Crippen molar-refractivity contribution < 1.29 is 17.5 Å². The van der Waals surface area contributed by atoms with Gasteiger partial charge in [0.1, 0.15) is 11.6 Å². The summed E-state index contributed by atoms with van der Waals surface area (Å²) in [6, 6.07) is 8.36. The van der Waals surface area contributed by atoms with Crippen LogP contribution in [0.1, 0.15) is 5.56 Å². The Hall–Kier alpha value is -2.28. The van der Waals surface area contributed by atoms with Crippen molar-refractivity contribution in [2.45, 2.75) is 11.3 Å². The maximum atomic E-state index is 13.1. The normalized spacial score (nSPS) is 13.6. The largest absolute Gasteiger partial charge is 0.493 e. The fourth-order valence-corrected chi connectivity index (χ4v) is 3.25. The highest BCUT2D eigenvalue weighted by molar-refractivity contribution is 7.92. The molecule has 2 aromatic rings. The molecule has 5 nitrogen and oxygen atoms in total. The van der Waals surface area contributed by atoms with Crippen molar-refractivity contribution in [2.75, 3.05) is 17.1 Å². The highest BCUT2D eigenvalue weighted by Gasteiger charge is 2.19. The number of ether oxygens (including phenoxy) is 1. The third-order valence-electron chi connectivity index (χ3n) is 3.22. The molecule has 0 saturated heterocycles. The van der Waals surface area contributed by atoms with E-state index in [2.05, 4.69) is 4.72 Å². The minimum Gasteiger partial charge on any atom is -0.493 e. The monoisotopic (exact) mass is 308 g/mol. The van der Waals surface area contributed by atoms with E-state index in [1.807, 2.05) is 0 Å². The van der Waals surface area contributed by atoms with Gasteiger partial charge in [0.25, 0.3) is 10.0 Å². The van der Waals surface area contributed by atoms with Gasteiger partial charge in [0, 0.05) is 6.42 Å². The molecule has 1 heterocycles. The molecule has 0 atom stereocenters. The van der Waals surface area contributed by atoms with Gasteiger partial charge in [-0.3, -0.25) is 4.72 Å². The van der Waals surface area contributed by atoms with Crippen molar-refractivity contribution in [3.05, 3.63) is 47.8 Å². The Kier molecular flexibility index (Phi) is 3.21. The number of hydrogen-bond acceptors (Lipinski definition) is 4. The Morgan fingerprint density at radius 3 is 2.76 bits per heavy atom. The van der Waals surface area contributed by atoms with E-state index in [9.17, 15) is 12.8 Å². The molecule has 0 radical (unpaired) electrons. The predicted molar refractivity (Wildman–Crippen MR) is 77.3 cm³/mol. The topological polar surface area (TPSA) is 81.4 Å². The van der Waals surface area contributed by atoms with Crippen LogP contribution in [0.3, 0.4) is 0 Å². The second-order valence-electron chi connectivity index (χ2n) is 4.71. The van der Waals surface area contributed by atoms with Gasteiger partial charge in [0.2, 0.25) is 0 Å². The molecule has 1 aliphatic heterocycles. The maximum absolute atomic E-state index is 13.1. The van der Waals surface area contributed by atoms with E-state index in [1.54, 1.807) is 12.1 Å². The number of anilines is 2. The lowest BCUT2D eigenvalue weighted by Gasteiger charge is -2.10. The third kappa shape index (κ3) is 2.64. The molecule has 3 N–H and O–H groups in total. The first-order valence-electron chi connectivity index (χ1n) is 6.29. The van der Waals surface area contributed by atoms with Crippen LogP contribution < -0.4 is 15.2 Å². The summed E-state index contributed by atoms with van der Waals surface area (Å²) in [6.07, 6.45) is 0.683. The van der Waals surface area contributed by atoms with Crippen LogP contribution >= 0.6 is 0 Å². The number of hydrogen-bond donors (Lipinski definition) is 2. The van der Waals surface area contributed by atoms with E-state index in [0.717, 1.165) is 11.6 Å². The maximum Gasteiger partial charge on any atom is 0.261 e. The molecule has 3 rings (SSSR count). The zero-order valence-corrected chi connectivity index (χ0v) is 11.8. The average molecular weight is 308 g/mol. The van der Waals surface area contributed by atoms with Crippen LogP contribution in [-0.4, -0.2) is 15.0 Å².